The molecule has 1 aliphatic rings. The number of rotatable bonds is 6. The number of hydrogen-bond donors (Lipinski definition) is 1. The van der Waals surface area contributed by atoms with E-state index >= 15 is 0 Å². The number of amides is 2. The molecule has 0 atom stereocenters. The van der Waals surface area contributed by atoms with Crippen LogP contribution in [0.25, 0.3) is 0 Å². The SMILES string of the molecule is O=C(Nc1ccc(C(=O)N(Cc2ccccc2F)C2CC2)cc1)c1ccco1. The third kappa shape index (κ3) is 3.96. The van der Waals surface area contributed by atoms with E-state index in [0.29, 0.717) is 16.8 Å². The Balaban J connectivity index is 1.47. The van der Waals surface area contributed by atoms with Crippen molar-refractivity contribution in [2.24, 2.45) is 0 Å². The first kappa shape index (κ1) is 18.0. The first-order chi connectivity index (χ1) is 13.6. The van der Waals surface area contributed by atoms with Crippen molar-refractivity contribution in [3.8, 4) is 0 Å². The van der Waals surface area contributed by atoms with E-state index in [1.165, 1.54) is 12.3 Å². The van der Waals surface area contributed by atoms with Crippen molar-refractivity contribution in [1.82, 2.24) is 4.90 Å². The number of furan rings is 1. The lowest BCUT2D eigenvalue weighted by atomic mass is 10.1. The lowest BCUT2D eigenvalue weighted by Gasteiger charge is -2.23. The van der Waals surface area contributed by atoms with E-state index in [1.807, 2.05) is 0 Å². The second kappa shape index (κ2) is 7.68. The van der Waals surface area contributed by atoms with E-state index in [4.69, 9.17) is 4.42 Å². The van der Waals surface area contributed by atoms with Crippen LogP contribution in [-0.4, -0.2) is 22.8 Å². The van der Waals surface area contributed by atoms with Crippen LogP contribution in [0.5, 0.6) is 0 Å². The molecule has 0 unspecified atom stereocenters. The number of benzene rings is 2. The minimum Gasteiger partial charge on any atom is -0.459 e. The number of hydrogen-bond acceptors (Lipinski definition) is 3. The average Bonchev–Trinajstić information content (AvgIpc) is 3.39. The lowest BCUT2D eigenvalue weighted by molar-refractivity contribution is 0.0728. The molecule has 2 aromatic carbocycles. The van der Waals surface area contributed by atoms with Crippen LogP contribution < -0.4 is 5.32 Å². The maximum Gasteiger partial charge on any atom is 0.291 e. The third-order valence-electron chi connectivity index (χ3n) is 4.68. The van der Waals surface area contributed by atoms with Crippen LogP contribution in [0, 0.1) is 5.82 Å². The van der Waals surface area contributed by atoms with Crippen LogP contribution in [0.2, 0.25) is 0 Å². The minimum absolute atomic E-state index is 0.144. The van der Waals surface area contributed by atoms with E-state index in [2.05, 4.69) is 5.32 Å². The molecular weight excluding hydrogens is 359 g/mol. The number of nitrogens with one attached hydrogen (secondary N) is 1. The van der Waals surface area contributed by atoms with Gasteiger partial charge < -0.3 is 14.6 Å². The molecule has 1 heterocycles. The topological polar surface area (TPSA) is 62.6 Å². The van der Waals surface area contributed by atoms with Gasteiger partial charge in [-0.05, 0) is 55.3 Å². The second-order valence-electron chi connectivity index (χ2n) is 6.76. The molecule has 142 valence electrons. The summed E-state index contributed by atoms with van der Waals surface area (Å²) in [5.74, 6) is -0.597. The second-order valence-corrected chi connectivity index (χ2v) is 6.76. The van der Waals surface area contributed by atoms with E-state index in [9.17, 15) is 14.0 Å². The van der Waals surface area contributed by atoms with Gasteiger partial charge in [0, 0.05) is 29.4 Å². The number of carbonyl (C=O) groups excluding carboxylic acids is 2. The lowest BCUT2D eigenvalue weighted by Crippen LogP contribution is -2.32. The van der Waals surface area contributed by atoms with Gasteiger partial charge in [-0.3, -0.25) is 9.59 Å². The molecule has 4 rings (SSSR count). The van der Waals surface area contributed by atoms with Crippen molar-refractivity contribution in [2.45, 2.75) is 25.4 Å². The summed E-state index contributed by atoms with van der Waals surface area (Å²) in [6.45, 7) is 0.243. The number of halogens is 1. The zero-order chi connectivity index (χ0) is 19.5. The monoisotopic (exact) mass is 378 g/mol. The highest BCUT2D eigenvalue weighted by Gasteiger charge is 2.33. The van der Waals surface area contributed by atoms with Gasteiger partial charge in [0.1, 0.15) is 5.82 Å². The van der Waals surface area contributed by atoms with Crippen molar-refractivity contribution in [3.63, 3.8) is 0 Å². The van der Waals surface area contributed by atoms with Crippen molar-refractivity contribution in [1.29, 1.82) is 0 Å². The fourth-order valence-electron chi connectivity index (χ4n) is 3.03. The predicted molar refractivity (Wildman–Crippen MR) is 102 cm³/mol. The van der Waals surface area contributed by atoms with Gasteiger partial charge in [0.05, 0.1) is 6.26 Å². The zero-order valence-electron chi connectivity index (χ0n) is 15.1. The Morgan fingerprint density at radius 3 is 2.43 bits per heavy atom. The molecular formula is C22H19FN2O3. The molecule has 0 bridgehead atoms. The zero-order valence-corrected chi connectivity index (χ0v) is 15.1. The van der Waals surface area contributed by atoms with Crippen LogP contribution in [0.3, 0.4) is 0 Å². The van der Waals surface area contributed by atoms with Crippen LogP contribution in [-0.2, 0) is 6.54 Å². The minimum atomic E-state index is -0.358. The van der Waals surface area contributed by atoms with Crippen molar-refractivity contribution in [2.75, 3.05) is 5.32 Å². The summed E-state index contributed by atoms with van der Waals surface area (Å²) in [4.78, 5) is 26.7. The Labute approximate surface area is 161 Å². The van der Waals surface area contributed by atoms with Crippen LogP contribution in [0.1, 0.15) is 39.3 Å². The Hall–Kier alpha value is -3.41. The number of carbonyl (C=O) groups is 2. The van der Waals surface area contributed by atoms with Crippen LogP contribution in [0.4, 0.5) is 10.1 Å². The fourth-order valence-corrected chi connectivity index (χ4v) is 3.03. The van der Waals surface area contributed by atoms with E-state index in [-0.39, 0.29) is 36.0 Å². The van der Waals surface area contributed by atoms with Gasteiger partial charge in [-0.15, -0.1) is 0 Å². The van der Waals surface area contributed by atoms with E-state index in [1.54, 1.807) is 59.5 Å². The molecule has 0 saturated heterocycles. The quantitative estimate of drug-likeness (QED) is 0.688. The van der Waals surface area contributed by atoms with Gasteiger partial charge >= 0.3 is 0 Å². The first-order valence-corrected chi connectivity index (χ1v) is 9.11. The molecule has 0 aliphatic heterocycles. The normalized spacial score (nSPS) is 13.2. The van der Waals surface area contributed by atoms with Gasteiger partial charge in [0.2, 0.25) is 0 Å². The summed E-state index contributed by atoms with van der Waals surface area (Å²) in [6, 6.07) is 16.5. The molecule has 0 spiro atoms. The maximum atomic E-state index is 14.0. The van der Waals surface area contributed by atoms with Gasteiger partial charge in [-0.1, -0.05) is 18.2 Å². The number of anilines is 1. The number of nitrogens with zero attached hydrogens (tertiary/aromatic N) is 1. The summed E-state index contributed by atoms with van der Waals surface area (Å²) in [6.07, 6.45) is 3.29. The van der Waals surface area contributed by atoms with Gasteiger partial charge in [-0.2, -0.15) is 0 Å². The van der Waals surface area contributed by atoms with Gasteiger partial charge in [0.15, 0.2) is 5.76 Å². The smallest absolute Gasteiger partial charge is 0.291 e. The highest BCUT2D eigenvalue weighted by molar-refractivity contribution is 6.02. The predicted octanol–water partition coefficient (Wildman–Crippen LogP) is 4.48. The van der Waals surface area contributed by atoms with E-state index < -0.39 is 0 Å². The molecule has 0 radical (unpaired) electrons. The van der Waals surface area contributed by atoms with Crippen LogP contribution >= 0.6 is 0 Å². The van der Waals surface area contributed by atoms with Crippen molar-refractivity contribution >= 4 is 17.5 Å². The molecule has 3 aromatic rings. The molecule has 1 fully saturated rings. The molecule has 1 saturated carbocycles. The Bertz CT molecular complexity index is 979. The highest BCUT2D eigenvalue weighted by atomic mass is 19.1. The van der Waals surface area contributed by atoms with Crippen molar-refractivity contribution in [3.05, 3.63) is 89.6 Å². The fraction of sp³-hybridized carbons (Fsp3) is 0.182. The molecule has 6 heteroatoms. The summed E-state index contributed by atoms with van der Waals surface area (Å²) < 4.78 is 19.1. The largest absolute Gasteiger partial charge is 0.459 e. The first-order valence-electron chi connectivity index (χ1n) is 9.11. The molecule has 28 heavy (non-hydrogen) atoms. The Morgan fingerprint density at radius 1 is 1.04 bits per heavy atom. The summed E-state index contributed by atoms with van der Waals surface area (Å²) in [5, 5.41) is 2.71. The molecule has 2 amide bonds. The standard InChI is InChI=1S/C22H19FN2O3/c23-19-5-2-1-4-16(19)14-25(18-11-12-18)22(27)15-7-9-17(10-8-15)24-21(26)20-6-3-13-28-20/h1-10,13,18H,11-12,14H2,(H,24,26). The summed E-state index contributed by atoms with van der Waals surface area (Å²) >= 11 is 0. The van der Waals surface area contributed by atoms with Gasteiger partial charge in [0.25, 0.3) is 11.8 Å². The molecule has 1 N–H and O–H groups in total. The molecule has 5 nitrogen and oxygen atoms in total. The van der Waals surface area contributed by atoms with Crippen molar-refractivity contribution < 1.29 is 18.4 Å². The summed E-state index contributed by atoms with van der Waals surface area (Å²) in [5.41, 5.74) is 1.56. The molecule has 1 aliphatic carbocycles. The highest BCUT2D eigenvalue weighted by Crippen LogP contribution is 2.30. The van der Waals surface area contributed by atoms with Crippen LogP contribution in [0.15, 0.2) is 71.3 Å². The average molecular weight is 378 g/mol. The molecule has 1 aromatic heterocycles. The maximum absolute atomic E-state index is 14.0. The van der Waals surface area contributed by atoms with E-state index in [0.717, 1.165) is 12.8 Å². The Kier molecular flexibility index (Phi) is 4.93. The Morgan fingerprint density at radius 2 is 1.79 bits per heavy atom. The summed E-state index contributed by atoms with van der Waals surface area (Å²) in [7, 11) is 0. The van der Waals surface area contributed by atoms with Gasteiger partial charge in [-0.25, -0.2) is 4.39 Å². The third-order valence-corrected chi connectivity index (χ3v) is 4.68.